The van der Waals surface area contributed by atoms with Crippen molar-refractivity contribution in [1.82, 2.24) is 20.6 Å². The number of carbonyl (C=O) groups is 6. The highest BCUT2D eigenvalue weighted by molar-refractivity contribution is 8.16. The van der Waals surface area contributed by atoms with E-state index in [9.17, 15) is 28.8 Å². The van der Waals surface area contributed by atoms with Crippen LogP contribution in [0.25, 0.3) is 0 Å². The Morgan fingerprint density at radius 3 is 1.21 bits per heavy atom. The Morgan fingerprint density at radius 1 is 0.581 bits per heavy atom. The average Bonchev–Trinajstić information content (AvgIpc) is 3.69. The van der Waals surface area contributed by atoms with E-state index in [1.807, 2.05) is 85.2 Å². The number of pyridine rings is 2. The Hall–Kier alpha value is -5.74. The summed E-state index contributed by atoms with van der Waals surface area (Å²) < 4.78 is 19.9. The minimum atomic E-state index is -0.804. The molecule has 16 heteroatoms. The number of thioether (sulfide) groups is 2. The van der Waals surface area contributed by atoms with Crippen molar-refractivity contribution >= 4 is 57.8 Å². The van der Waals surface area contributed by atoms with Gasteiger partial charge in [-0.05, 0) is 122 Å². The molecule has 2 saturated heterocycles. The van der Waals surface area contributed by atoms with Crippen molar-refractivity contribution in [1.29, 1.82) is 0 Å². The molecule has 4 heterocycles. The number of aromatic nitrogens is 2. The van der Waals surface area contributed by atoms with Gasteiger partial charge in [0.2, 0.25) is 11.8 Å². The Balaban J connectivity index is 0.000000234. The largest absolute Gasteiger partial charge is 0.493 e. The minimum absolute atomic E-state index is 0.172. The van der Waals surface area contributed by atoms with Gasteiger partial charge in [-0.2, -0.15) is 0 Å². The van der Waals surface area contributed by atoms with Gasteiger partial charge in [-0.15, -0.1) is 0 Å². The lowest BCUT2D eigenvalue weighted by atomic mass is 9.99. The van der Waals surface area contributed by atoms with Gasteiger partial charge in [-0.3, -0.25) is 49.4 Å². The molecule has 14 nitrogen and oxygen atoms in total. The molecule has 2 aromatic heterocycles. The molecular formula is C46H52N4O10S2. The van der Waals surface area contributed by atoms with Gasteiger partial charge in [-0.1, -0.05) is 50.2 Å². The van der Waals surface area contributed by atoms with E-state index in [0.717, 1.165) is 70.0 Å². The SMILES string of the molecule is CCc1ccc([C@@H](COc2ccc(CC3(C)SC(=O)NC3=O)cc2)CC(=O)OC)nc1.CCc1ccc([C@H](COc2ccc(CC3(C)SC(=O)NC3=O)cc2)CC(=O)OC)nc1. The monoisotopic (exact) mass is 884 g/mol. The van der Waals surface area contributed by atoms with Gasteiger partial charge in [0.1, 0.15) is 21.0 Å². The van der Waals surface area contributed by atoms with Crippen molar-refractivity contribution < 1.29 is 47.7 Å². The lowest BCUT2D eigenvalue weighted by Gasteiger charge is -2.19. The van der Waals surface area contributed by atoms with Crippen molar-refractivity contribution in [2.45, 2.75) is 87.5 Å². The van der Waals surface area contributed by atoms with E-state index < -0.39 is 9.49 Å². The maximum absolute atomic E-state index is 12.0. The van der Waals surface area contributed by atoms with E-state index in [1.165, 1.54) is 14.2 Å². The highest BCUT2D eigenvalue weighted by Gasteiger charge is 2.44. The van der Waals surface area contributed by atoms with Crippen molar-refractivity contribution in [3.8, 4) is 11.5 Å². The van der Waals surface area contributed by atoms with E-state index in [2.05, 4.69) is 34.4 Å². The summed E-state index contributed by atoms with van der Waals surface area (Å²) in [4.78, 5) is 79.7. The number of benzene rings is 2. The second-order valence-corrected chi connectivity index (χ2v) is 18.2. The maximum Gasteiger partial charge on any atom is 0.306 e. The number of rotatable bonds is 18. The summed E-state index contributed by atoms with van der Waals surface area (Å²) >= 11 is 2.03. The molecule has 4 amide bonds. The first-order valence-corrected chi connectivity index (χ1v) is 21.8. The molecule has 0 bridgehead atoms. The molecule has 6 rings (SSSR count). The van der Waals surface area contributed by atoms with Crippen LogP contribution in [0.1, 0.15) is 86.0 Å². The van der Waals surface area contributed by atoms with Crippen LogP contribution in [0, 0.1) is 0 Å². The fourth-order valence-corrected chi connectivity index (χ4v) is 8.53. The Morgan fingerprint density at radius 2 is 0.935 bits per heavy atom. The summed E-state index contributed by atoms with van der Waals surface area (Å²) in [6.07, 6.45) is 6.64. The van der Waals surface area contributed by atoms with Gasteiger partial charge >= 0.3 is 11.9 Å². The van der Waals surface area contributed by atoms with Crippen LogP contribution in [0.15, 0.2) is 85.2 Å². The topological polar surface area (TPSA) is 189 Å². The standard InChI is InChI=1S/2C23H26N2O5S/c2*1-4-15-7-10-19(24-13-15)17(11-20(26)29-3)14-30-18-8-5-16(6-9-18)12-23(2)21(27)25-22(28)31-23/h2*5-10,13,17H,4,11-12,14H2,1-3H3,(H,25,27,28)/t2*17-,23?/m10/s1. The normalized spacial score (nSPS) is 19.1. The highest BCUT2D eigenvalue weighted by Crippen LogP contribution is 2.36. The van der Waals surface area contributed by atoms with E-state index in [0.29, 0.717) is 24.3 Å². The Bertz CT molecular complexity index is 2050. The van der Waals surface area contributed by atoms with Crippen LogP contribution in [-0.4, -0.2) is 81.1 Å². The Kier molecular flexibility index (Phi) is 16.7. The quantitative estimate of drug-likeness (QED) is 0.0947. The van der Waals surface area contributed by atoms with Crippen molar-refractivity contribution in [2.75, 3.05) is 27.4 Å². The van der Waals surface area contributed by atoms with Crippen molar-refractivity contribution in [3.05, 3.63) is 119 Å². The summed E-state index contributed by atoms with van der Waals surface area (Å²) in [5.74, 6) is -0.351. The molecule has 4 aromatic rings. The maximum atomic E-state index is 12.0. The number of amides is 4. The molecule has 4 atom stereocenters. The lowest BCUT2D eigenvalue weighted by molar-refractivity contribution is -0.142. The van der Waals surface area contributed by atoms with Crippen LogP contribution in [0.3, 0.4) is 0 Å². The van der Waals surface area contributed by atoms with Gasteiger partial charge < -0.3 is 18.9 Å². The summed E-state index contributed by atoms with van der Waals surface area (Å²) in [6.45, 7) is 8.19. The number of ether oxygens (including phenoxy) is 4. The summed E-state index contributed by atoms with van der Waals surface area (Å²) in [5.41, 5.74) is 5.66. The molecule has 2 fully saturated rings. The summed E-state index contributed by atoms with van der Waals surface area (Å²) in [6, 6.07) is 22.6. The van der Waals surface area contributed by atoms with Crippen LogP contribution in [0.5, 0.6) is 11.5 Å². The number of esters is 2. The predicted octanol–water partition coefficient (Wildman–Crippen LogP) is 7.31. The van der Waals surface area contributed by atoms with Crippen LogP contribution in [0.2, 0.25) is 0 Å². The summed E-state index contributed by atoms with van der Waals surface area (Å²) in [5, 5.41) is 4.03. The first kappa shape index (κ1) is 47.3. The molecule has 0 spiro atoms. The average molecular weight is 885 g/mol. The number of methoxy groups -OCH3 is 2. The zero-order chi connectivity index (χ0) is 44.9. The van der Waals surface area contributed by atoms with Crippen LogP contribution >= 0.6 is 23.5 Å². The second kappa shape index (κ2) is 21.9. The molecule has 2 N–H and O–H groups in total. The molecule has 0 aliphatic carbocycles. The molecule has 2 unspecified atom stereocenters. The third kappa shape index (κ3) is 13.1. The van der Waals surface area contributed by atoms with Gasteiger partial charge in [0, 0.05) is 35.6 Å². The van der Waals surface area contributed by atoms with Gasteiger partial charge in [0.15, 0.2) is 0 Å². The van der Waals surface area contributed by atoms with Crippen molar-refractivity contribution in [2.24, 2.45) is 0 Å². The van der Waals surface area contributed by atoms with Crippen LogP contribution < -0.4 is 20.1 Å². The number of hydrogen-bond donors (Lipinski definition) is 2. The van der Waals surface area contributed by atoms with Crippen LogP contribution in [0.4, 0.5) is 9.59 Å². The van der Waals surface area contributed by atoms with Gasteiger partial charge in [-0.25, -0.2) is 0 Å². The molecular weight excluding hydrogens is 833 g/mol. The van der Waals surface area contributed by atoms with Crippen molar-refractivity contribution in [3.63, 3.8) is 0 Å². The number of nitrogens with zero attached hydrogens (tertiary/aromatic N) is 2. The smallest absolute Gasteiger partial charge is 0.306 e. The second-order valence-electron chi connectivity index (χ2n) is 15.3. The fourth-order valence-electron chi connectivity index (χ4n) is 6.66. The van der Waals surface area contributed by atoms with Gasteiger partial charge in [0.25, 0.3) is 10.5 Å². The molecule has 62 heavy (non-hydrogen) atoms. The molecule has 2 aliphatic heterocycles. The number of imide groups is 2. The zero-order valence-electron chi connectivity index (χ0n) is 35.7. The number of hydrogen-bond acceptors (Lipinski definition) is 14. The molecule has 2 aliphatic rings. The highest BCUT2D eigenvalue weighted by atomic mass is 32.2. The predicted molar refractivity (Wildman–Crippen MR) is 236 cm³/mol. The van der Waals surface area contributed by atoms with E-state index >= 15 is 0 Å². The number of nitrogens with one attached hydrogen (secondary N) is 2. The van der Waals surface area contributed by atoms with E-state index in [-0.39, 0.29) is 72.1 Å². The molecule has 0 saturated carbocycles. The third-order valence-corrected chi connectivity index (χ3v) is 12.6. The fraction of sp³-hybridized carbons (Fsp3) is 0.391. The number of carbonyl (C=O) groups excluding carboxylic acids is 6. The van der Waals surface area contributed by atoms with E-state index in [1.54, 1.807) is 13.8 Å². The van der Waals surface area contributed by atoms with Gasteiger partial charge in [0.05, 0.1) is 40.3 Å². The zero-order valence-corrected chi connectivity index (χ0v) is 37.3. The third-order valence-electron chi connectivity index (χ3n) is 10.5. The first-order valence-electron chi connectivity index (χ1n) is 20.2. The summed E-state index contributed by atoms with van der Waals surface area (Å²) in [7, 11) is 2.73. The lowest BCUT2D eigenvalue weighted by Crippen LogP contribution is -2.35. The molecule has 328 valence electrons. The minimum Gasteiger partial charge on any atom is -0.493 e. The number of aryl methyl sites for hydroxylation is 2. The Labute approximate surface area is 370 Å². The van der Waals surface area contributed by atoms with Crippen LogP contribution in [-0.2, 0) is 54.3 Å². The molecule has 0 radical (unpaired) electrons. The van der Waals surface area contributed by atoms with E-state index in [4.69, 9.17) is 18.9 Å². The molecule has 2 aromatic carbocycles. The first-order chi connectivity index (χ1) is 29.6.